The summed E-state index contributed by atoms with van der Waals surface area (Å²) in [4.78, 5) is 0. The third-order valence-electron chi connectivity index (χ3n) is 3.40. The minimum Gasteiger partial charge on any atom is -0.308 e. The lowest BCUT2D eigenvalue weighted by Gasteiger charge is -2.26. The van der Waals surface area contributed by atoms with Gasteiger partial charge >= 0.3 is 0 Å². The molecule has 0 saturated heterocycles. The predicted octanol–water partition coefficient (Wildman–Crippen LogP) is 3.50. The van der Waals surface area contributed by atoms with Crippen LogP contribution in [0.2, 0.25) is 0 Å². The topological polar surface area (TPSA) is 37.8 Å². The summed E-state index contributed by atoms with van der Waals surface area (Å²) in [6, 6.07) is 0.186. The van der Waals surface area contributed by atoms with Crippen molar-refractivity contribution in [1.82, 2.24) is 15.5 Å². The number of hydrogen-bond donors (Lipinski definition) is 1. The molecule has 1 heterocycles. The van der Waals surface area contributed by atoms with Crippen LogP contribution >= 0.6 is 11.3 Å². The van der Waals surface area contributed by atoms with E-state index in [1.165, 1.54) is 0 Å². The quantitative estimate of drug-likeness (QED) is 0.914. The Labute approximate surface area is 110 Å². The Bertz CT molecular complexity index is 384. The lowest BCUT2D eigenvalue weighted by molar-refractivity contribution is -0.0382. The highest BCUT2D eigenvalue weighted by atomic mass is 32.1. The lowest BCUT2D eigenvalue weighted by atomic mass is 9.87. The van der Waals surface area contributed by atoms with Gasteiger partial charge in [-0.1, -0.05) is 18.3 Å². The van der Waals surface area contributed by atoms with Crippen LogP contribution in [-0.2, 0) is 0 Å². The largest absolute Gasteiger partial charge is 0.308 e. The first kappa shape index (κ1) is 13.8. The predicted molar refractivity (Wildman–Crippen MR) is 68.2 cm³/mol. The van der Waals surface area contributed by atoms with Gasteiger partial charge in [0.25, 0.3) is 0 Å². The number of aromatic nitrogens is 2. The number of nitrogens with zero attached hydrogens (tertiary/aromatic N) is 2. The van der Waals surface area contributed by atoms with E-state index in [0.29, 0.717) is 12.8 Å². The van der Waals surface area contributed by atoms with Crippen molar-refractivity contribution < 1.29 is 8.78 Å². The zero-order valence-corrected chi connectivity index (χ0v) is 11.6. The minimum absolute atomic E-state index is 0.0185. The molecule has 0 bridgehead atoms. The summed E-state index contributed by atoms with van der Waals surface area (Å²) in [6.45, 7) is 4.97. The molecule has 102 valence electrons. The van der Waals surface area contributed by atoms with Gasteiger partial charge in [-0.25, -0.2) is 8.78 Å². The van der Waals surface area contributed by atoms with Gasteiger partial charge in [0.2, 0.25) is 5.92 Å². The Hall–Kier alpha value is -0.620. The average molecular weight is 275 g/mol. The molecule has 1 atom stereocenters. The first-order valence-electron chi connectivity index (χ1n) is 6.46. The van der Waals surface area contributed by atoms with Crippen molar-refractivity contribution in [1.29, 1.82) is 0 Å². The van der Waals surface area contributed by atoms with Crippen LogP contribution in [0.1, 0.15) is 61.5 Å². The standard InChI is InChI=1S/C12H19F2N3S/c1-3-15-8(2)10-16-17-11(18-10)9-4-6-12(13,14)7-5-9/h8-9,15H,3-7H2,1-2H3. The lowest BCUT2D eigenvalue weighted by Crippen LogP contribution is -2.23. The van der Waals surface area contributed by atoms with Gasteiger partial charge in [-0.05, 0) is 26.3 Å². The van der Waals surface area contributed by atoms with Crippen LogP contribution in [-0.4, -0.2) is 22.7 Å². The van der Waals surface area contributed by atoms with E-state index in [1.54, 1.807) is 11.3 Å². The van der Waals surface area contributed by atoms with Crippen LogP contribution in [0.4, 0.5) is 8.78 Å². The molecular weight excluding hydrogens is 256 g/mol. The SMILES string of the molecule is CCNC(C)c1nnc(C2CCC(F)(F)CC2)s1. The highest BCUT2D eigenvalue weighted by molar-refractivity contribution is 7.11. The summed E-state index contributed by atoms with van der Waals surface area (Å²) in [5.74, 6) is -2.30. The highest BCUT2D eigenvalue weighted by Crippen LogP contribution is 2.41. The van der Waals surface area contributed by atoms with Gasteiger partial charge in [-0.3, -0.25) is 0 Å². The molecule has 1 saturated carbocycles. The van der Waals surface area contributed by atoms with E-state index < -0.39 is 5.92 Å². The highest BCUT2D eigenvalue weighted by Gasteiger charge is 2.36. The molecule has 1 unspecified atom stereocenters. The van der Waals surface area contributed by atoms with Crippen molar-refractivity contribution in [2.45, 2.75) is 57.4 Å². The summed E-state index contributed by atoms with van der Waals surface area (Å²) >= 11 is 1.56. The van der Waals surface area contributed by atoms with Crippen molar-refractivity contribution in [3.05, 3.63) is 10.0 Å². The van der Waals surface area contributed by atoms with E-state index in [0.717, 1.165) is 16.6 Å². The molecule has 1 aromatic rings. The summed E-state index contributed by atoms with van der Waals surface area (Å²) in [5.41, 5.74) is 0. The molecule has 0 aromatic carbocycles. The second-order valence-electron chi connectivity index (χ2n) is 4.89. The molecule has 18 heavy (non-hydrogen) atoms. The second kappa shape index (κ2) is 5.57. The monoisotopic (exact) mass is 275 g/mol. The number of alkyl halides is 2. The molecule has 3 nitrogen and oxygen atoms in total. The van der Waals surface area contributed by atoms with E-state index in [1.807, 2.05) is 13.8 Å². The Kier molecular flexibility index (Phi) is 4.27. The fourth-order valence-corrected chi connectivity index (χ4v) is 3.31. The van der Waals surface area contributed by atoms with Crippen LogP contribution in [0.5, 0.6) is 0 Å². The van der Waals surface area contributed by atoms with Crippen molar-refractivity contribution >= 4 is 11.3 Å². The van der Waals surface area contributed by atoms with Gasteiger partial charge in [-0.2, -0.15) is 0 Å². The van der Waals surface area contributed by atoms with E-state index in [4.69, 9.17) is 0 Å². The van der Waals surface area contributed by atoms with Gasteiger partial charge in [-0.15, -0.1) is 10.2 Å². The van der Waals surface area contributed by atoms with Crippen LogP contribution in [0, 0.1) is 0 Å². The molecule has 1 aromatic heterocycles. The van der Waals surface area contributed by atoms with Gasteiger partial charge in [0, 0.05) is 18.8 Å². The molecular formula is C12H19F2N3S. The zero-order chi connectivity index (χ0) is 13.2. The molecule has 6 heteroatoms. The Balaban J connectivity index is 1.98. The van der Waals surface area contributed by atoms with Crippen LogP contribution in [0.15, 0.2) is 0 Å². The molecule has 0 radical (unpaired) electrons. The molecule has 2 rings (SSSR count). The van der Waals surface area contributed by atoms with Crippen molar-refractivity contribution in [3.63, 3.8) is 0 Å². The maximum atomic E-state index is 13.1. The smallest absolute Gasteiger partial charge is 0.248 e. The fraction of sp³-hybridized carbons (Fsp3) is 0.833. The van der Waals surface area contributed by atoms with E-state index in [9.17, 15) is 8.78 Å². The Morgan fingerprint density at radius 2 is 2.06 bits per heavy atom. The molecule has 1 fully saturated rings. The molecule has 0 spiro atoms. The maximum Gasteiger partial charge on any atom is 0.248 e. The van der Waals surface area contributed by atoms with Crippen molar-refractivity contribution in [2.24, 2.45) is 0 Å². The van der Waals surface area contributed by atoms with Crippen molar-refractivity contribution in [3.8, 4) is 0 Å². The fourth-order valence-electron chi connectivity index (χ4n) is 2.27. The van der Waals surface area contributed by atoms with Gasteiger partial charge in [0.05, 0.1) is 6.04 Å². The zero-order valence-electron chi connectivity index (χ0n) is 10.7. The molecule has 1 aliphatic carbocycles. The van der Waals surface area contributed by atoms with Crippen LogP contribution in [0.3, 0.4) is 0 Å². The second-order valence-corrected chi connectivity index (χ2v) is 5.93. The number of halogens is 2. The normalized spacial score (nSPS) is 22.0. The summed E-state index contributed by atoms with van der Waals surface area (Å²) in [5, 5.41) is 13.5. The molecule has 0 aliphatic heterocycles. The van der Waals surface area contributed by atoms with Gasteiger partial charge in [0.1, 0.15) is 10.0 Å². The third-order valence-corrected chi connectivity index (χ3v) is 4.67. The molecule has 1 N–H and O–H groups in total. The van der Waals surface area contributed by atoms with Crippen LogP contribution in [0.25, 0.3) is 0 Å². The van der Waals surface area contributed by atoms with E-state index >= 15 is 0 Å². The van der Waals surface area contributed by atoms with Crippen LogP contribution < -0.4 is 5.32 Å². The van der Waals surface area contributed by atoms with E-state index in [2.05, 4.69) is 15.5 Å². The first-order valence-corrected chi connectivity index (χ1v) is 7.28. The summed E-state index contributed by atoms with van der Waals surface area (Å²) in [7, 11) is 0. The average Bonchev–Trinajstić information content (AvgIpc) is 2.79. The van der Waals surface area contributed by atoms with E-state index in [-0.39, 0.29) is 24.8 Å². The van der Waals surface area contributed by atoms with Crippen molar-refractivity contribution in [2.75, 3.05) is 6.54 Å². The van der Waals surface area contributed by atoms with Gasteiger partial charge < -0.3 is 5.32 Å². The summed E-state index contributed by atoms with van der Waals surface area (Å²) < 4.78 is 26.2. The Morgan fingerprint density at radius 3 is 2.67 bits per heavy atom. The summed E-state index contributed by atoms with van der Waals surface area (Å²) in [6.07, 6.45) is 1.01. The maximum absolute atomic E-state index is 13.1. The third kappa shape index (κ3) is 3.23. The number of hydrogen-bond acceptors (Lipinski definition) is 4. The molecule has 1 aliphatic rings. The number of nitrogens with one attached hydrogen (secondary N) is 1. The van der Waals surface area contributed by atoms with Gasteiger partial charge in [0.15, 0.2) is 0 Å². The minimum atomic E-state index is -2.47. The number of rotatable bonds is 4. The molecule has 0 amide bonds. The Morgan fingerprint density at radius 1 is 1.39 bits per heavy atom. The first-order chi connectivity index (χ1) is 8.52.